The van der Waals surface area contributed by atoms with Gasteiger partial charge in [0.15, 0.2) is 11.7 Å². The zero-order chi connectivity index (χ0) is 19.5. The Morgan fingerprint density at radius 1 is 1.29 bits per heavy atom. The number of hydrogen-bond acceptors (Lipinski definition) is 5. The number of methoxy groups -OCH3 is 1. The number of carbonyl (C=O) groups excluding carboxylic acids is 1. The lowest BCUT2D eigenvalue weighted by atomic mass is 10.3. The van der Waals surface area contributed by atoms with Crippen molar-refractivity contribution in [1.29, 1.82) is 0 Å². The highest BCUT2D eigenvalue weighted by atomic mass is 127. The Bertz CT molecular complexity index is 574. The van der Waals surface area contributed by atoms with Crippen LogP contribution in [0, 0.1) is 0 Å². The minimum Gasteiger partial charge on any atom is -0.459 e. The molecule has 2 rings (SSSR count). The van der Waals surface area contributed by atoms with E-state index in [1.54, 1.807) is 19.2 Å². The molecule has 0 spiro atoms. The largest absolute Gasteiger partial charge is 0.459 e. The molecule has 2 heterocycles. The Kier molecular flexibility index (Phi) is 12.2. The van der Waals surface area contributed by atoms with Crippen LogP contribution >= 0.6 is 24.0 Å². The van der Waals surface area contributed by atoms with Gasteiger partial charge in [-0.1, -0.05) is 0 Å². The van der Waals surface area contributed by atoms with Crippen molar-refractivity contribution in [2.45, 2.75) is 13.3 Å². The highest BCUT2D eigenvalue weighted by molar-refractivity contribution is 14.0. The lowest BCUT2D eigenvalue weighted by Gasteiger charge is -2.36. The Labute approximate surface area is 185 Å². The molecule has 1 saturated heterocycles. The van der Waals surface area contributed by atoms with E-state index in [4.69, 9.17) is 14.1 Å². The van der Waals surface area contributed by atoms with Crippen molar-refractivity contribution in [3.63, 3.8) is 0 Å². The Morgan fingerprint density at radius 2 is 2.00 bits per heavy atom. The Balaban J connectivity index is 0.00000392. The molecule has 28 heavy (non-hydrogen) atoms. The normalized spacial score (nSPS) is 14.9. The van der Waals surface area contributed by atoms with Crippen molar-refractivity contribution in [2.75, 3.05) is 73.1 Å². The topological polar surface area (TPSA) is 73.6 Å². The molecule has 1 aromatic heterocycles. The molecule has 1 fully saturated rings. The van der Waals surface area contributed by atoms with Crippen LogP contribution in [0.1, 0.15) is 23.9 Å². The van der Waals surface area contributed by atoms with Gasteiger partial charge in [0.2, 0.25) is 0 Å². The number of nitrogens with zero attached hydrogens (tertiary/aromatic N) is 4. The van der Waals surface area contributed by atoms with Crippen molar-refractivity contribution in [3.8, 4) is 0 Å². The Hall–Kier alpha value is -1.33. The monoisotopic (exact) mass is 507 g/mol. The van der Waals surface area contributed by atoms with Gasteiger partial charge in [0.25, 0.3) is 5.91 Å². The highest BCUT2D eigenvalue weighted by Gasteiger charge is 2.25. The summed E-state index contributed by atoms with van der Waals surface area (Å²) in [5, 5.41) is 3.37. The van der Waals surface area contributed by atoms with Gasteiger partial charge in [0, 0.05) is 52.9 Å². The molecule has 1 amide bonds. The molecule has 1 aliphatic heterocycles. The molecule has 8 nitrogen and oxygen atoms in total. The van der Waals surface area contributed by atoms with E-state index in [0.717, 1.165) is 58.3 Å². The zero-order valence-corrected chi connectivity index (χ0v) is 19.6. The van der Waals surface area contributed by atoms with Gasteiger partial charge in [-0.2, -0.15) is 0 Å². The fraction of sp³-hybridized carbons (Fsp3) is 0.684. The first-order valence-corrected chi connectivity index (χ1v) is 9.69. The van der Waals surface area contributed by atoms with E-state index >= 15 is 0 Å². The fourth-order valence-corrected chi connectivity index (χ4v) is 2.99. The molecule has 1 aliphatic rings. The zero-order valence-electron chi connectivity index (χ0n) is 17.2. The summed E-state index contributed by atoms with van der Waals surface area (Å²) in [5.74, 6) is 1.30. The van der Waals surface area contributed by atoms with Crippen LogP contribution in [-0.4, -0.2) is 99.7 Å². The van der Waals surface area contributed by atoms with E-state index in [-0.39, 0.29) is 29.9 Å². The average Bonchev–Trinajstić information content (AvgIpc) is 3.23. The molecule has 1 aromatic rings. The third kappa shape index (κ3) is 7.96. The maximum absolute atomic E-state index is 12.4. The van der Waals surface area contributed by atoms with Crippen molar-refractivity contribution in [3.05, 3.63) is 24.2 Å². The van der Waals surface area contributed by atoms with Crippen molar-refractivity contribution < 1.29 is 13.9 Å². The summed E-state index contributed by atoms with van der Waals surface area (Å²) in [4.78, 5) is 23.4. The molecular formula is C19H34IN5O3. The average molecular weight is 507 g/mol. The number of carbonyl (C=O) groups is 1. The number of furan rings is 1. The smallest absolute Gasteiger partial charge is 0.289 e. The number of rotatable bonds is 9. The lowest BCUT2D eigenvalue weighted by molar-refractivity contribution is 0.0657. The molecule has 0 bridgehead atoms. The van der Waals surface area contributed by atoms with E-state index in [1.165, 1.54) is 6.26 Å². The minimum atomic E-state index is -0.0410. The van der Waals surface area contributed by atoms with Crippen molar-refractivity contribution >= 4 is 35.8 Å². The van der Waals surface area contributed by atoms with Gasteiger partial charge in [0.05, 0.1) is 12.9 Å². The maximum Gasteiger partial charge on any atom is 0.289 e. The standard InChI is InChI=1S/C19H33N5O3.HI/c1-4-20-19(21-8-6-9-22(2)14-16-26-3)24-12-10-23(11-13-24)18(25)17-7-5-15-27-17;/h5,7,15H,4,6,8-14,16H2,1-3H3,(H,20,21);1H. The second-order valence-electron chi connectivity index (χ2n) is 6.64. The Morgan fingerprint density at radius 3 is 2.61 bits per heavy atom. The summed E-state index contributed by atoms with van der Waals surface area (Å²) in [6, 6.07) is 3.45. The van der Waals surface area contributed by atoms with E-state index in [2.05, 4.69) is 29.1 Å². The minimum absolute atomic E-state index is 0. The lowest BCUT2D eigenvalue weighted by Crippen LogP contribution is -2.53. The number of aliphatic imine (C=N–C) groups is 1. The van der Waals surface area contributed by atoms with E-state index < -0.39 is 0 Å². The number of hydrogen-bond donors (Lipinski definition) is 1. The molecule has 0 radical (unpaired) electrons. The second-order valence-corrected chi connectivity index (χ2v) is 6.64. The summed E-state index contributed by atoms with van der Waals surface area (Å²) in [6.07, 6.45) is 2.54. The molecule has 0 aliphatic carbocycles. The molecule has 9 heteroatoms. The quantitative estimate of drug-likeness (QED) is 0.237. The molecule has 160 valence electrons. The van der Waals surface area contributed by atoms with Crippen LogP contribution in [0.4, 0.5) is 0 Å². The molecule has 1 N–H and O–H groups in total. The van der Waals surface area contributed by atoms with Crippen molar-refractivity contribution in [1.82, 2.24) is 20.0 Å². The van der Waals surface area contributed by atoms with E-state index in [0.29, 0.717) is 18.8 Å². The fourth-order valence-electron chi connectivity index (χ4n) is 2.99. The second kappa shape index (κ2) is 13.8. The highest BCUT2D eigenvalue weighted by Crippen LogP contribution is 2.09. The maximum atomic E-state index is 12.4. The summed E-state index contributed by atoms with van der Waals surface area (Å²) in [6.45, 7) is 9.26. The predicted molar refractivity (Wildman–Crippen MR) is 122 cm³/mol. The summed E-state index contributed by atoms with van der Waals surface area (Å²) in [7, 11) is 3.83. The third-order valence-electron chi connectivity index (χ3n) is 4.57. The van der Waals surface area contributed by atoms with Crippen LogP contribution in [0.25, 0.3) is 0 Å². The molecule has 0 saturated carbocycles. The number of ether oxygens (including phenoxy) is 1. The van der Waals surface area contributed by atoms with Crippen LogP contribution in [0.2, 0.25) is 0 Å². The number of amides is 1. The van der Waals surface area contributed by atoms with Crippen LogP contribution in [-0.2, 0) is 4.74 Å². The van der Waals surface area contributed by atoms with Crippen LogP contribution in [0.3, 0.4) is 0 Å². The number of nitrogens with one attached hydrogen (secondary N) is 1. The molecule has 0 aromatic carbocycles. The number of likely N-dealkylation sites (N-methyl/N-ethyl adjacent to an activating group) is 1. The first-order chi connectivity index (χ1) is 13.2. The third-order valence-corrected chi connectivity index (χ3v) is 4.57. The first kappa shape index (κ1) is 24.7. The number of piperazine rings is 1. The molecule has 0 atom stereocenters. The predicted octanol–water partition coefficient (Wildman–Crippen LogP) is 1.59. The van der Waals surface area contributed by atoms with Crippen LogP contribution in [0.15, 0.2) is 27.8 Å². The molecule has 0 unspecified atom stereocenters. The van der Waals surface area contributed by atoms with Gasteiger partial charge in [0.1, 0.15) is 0 Å². The first-order valence-electron chi connectivity index (χ1n) is 9.69. The number of guanidine groups is 1. The van der Waals surface area contributed by atoms with Gasteiger partial charge in [-0.3, -0.25) is 9.79 Å². The van der Waals surface area contributed by atoms with Gasteiger partial charge in [-0.25, -0.2) is 0 Å². The van der Waals surface area contributed by atoms with Gasteiger partial charge < -0.3 is 29.2 Å². The summed E-state index contributed by atoms with van der Waals surface area (Å²) < 4.78 is 10.3. The van der Waals surface area contributed by atoms with Crippen LogP contribution < -0.4 is 5.32 Å². The van der Waals surface area contributed by atoms with Crippen LogP contribution in [0.5, 0.6) is 0 Å². The van der Waals surface area contributed by atoms with Gasteiger partial charge in [-0.05, 0) is 39.1 Å². The molecular weight excluding hydrogens is 473 g/mol. The number of halogens is 1. The van der Waals surface area contributed by atoms with Gasteiger partial charge >= 0.3 is 0 Å². The van der Waals surface area contributed by atoms with Crippen molar-refractivity contribution in [2.24, 2.45) is 4.99 Å². The van der Waals surface area contributed by atoms with Gasteiger partial charge in [-0.15, -0.1) is 24.0 Å². The van der Waals surface area contributed by atoms with E-state index in [9.17, 15) is 4.79 Å². The van der Waals surface area contributed by atoms with E-state index in [1.807, 2.05) is 4.90 Å². The summed E-state index contributed by atoms with van der Waals surface area (Å²) >= 11 is 0. The summed E-state index contributed by atoms with van der Waals surface area (Å²) in [5.41, 5.74) is 0. The SMILES string of the molecule is CCNC(=NCCCN(C)CCOC)N1CCN(C(=O)c2ccco2)CC1.I.